The van der Waals surface area contributed by atoms with Gasteiger partial charge in [0.2, 0.25) is 0 Å². The SMILES string of the molecule is COc1cc(/C=N\NC(=O)C(=O)Nc2ccccc2C(=O)N2CCOCC2)ccc1O. The minimum atomic E-state index is -1.00. The van der Waals surface area contributed by atoms with Gasteiger partial charge >= 0.3 is 11.8 Å². The summed E-state index contributed by atoms with van der Waals surface area (Å²) in [4.78, 5) is 38.7. The van der Waals surface area contributed by atoms with Gasteiger partial charge in [0.05, 0.1) is 37.8 Å². The van der Waals surface area contributed by atoms with Gasteiger partial charge in [0.1, 0.15) is 0 Å². The van der Waals surface area contributed by atoms with Gasteiger partial charge in [-0.1, -0.05) is 12.1 Å². The summed E-state index contributed by atoms with van der Waals surface area (Å²) < 4.78 is 10.2. The van der Waals surface area contributed by atoms with E-state index >= 15 is 0 Å². The molecule has 10 nitrogen and oxygen atoms in total. The first-order valence-electron chi connectivity index (χ1n) is 9.47. The van der Waals surface area contributed by atoms with Crippen molar-refractivity contribution in [3.63, 3.8) is 0 Å². The third-order valence-electron chi connectivity index (χ3n) is 4.49. The van der Waals surface area contributed by atoms with Crippen LogP contribution in [0.4, 0.5) is 5.69 Å². The Balaban J connectivity index is 1.62. The number of nitrogens with zero attached hydrogens (tertiary/aromatic N) is 2. The fourth-order valence-electron chi connectivity index (χ4n) is 2.89. The minimum Gasteiger partial charge on any atom is -0.504 e. The van der Waals surface area contributed by atoms with E-state index in [0.29, 0.717) is 31.9 Å². The van der Waals surface area contributed by atoms with Crippen molar-refractivity contribution in [3.05, 3.63) is 53.6 Å². The number of carbonyl (C=O) groups excluding carboxylic acids is 3. The van der Waals surface area contributed by atoms with E-state index in [9.17, 15) is 19.5 Å². The molecule has 0 aromatic heterocycles. The number of morpholine rings is 1. The average molecular weight is 426 g/mol. The average Bonchev–Trinajstić information content (AvgIpc) is 2.80. The van der Waals surface area contributed by atoms with E-state index in [1.807, 2.05) is 0 Å². The van der Waals surface area contributed by atoms with Crippen molar-refractivity contribution >= 4 is 29.6 Å². The second-order valence-electron chi connectivity index (χ2n) is 6.53. The molecular formula is C21H22N4O6. The number of hydrazone groups is 1. The largest absolute Gasteiger partial charge is 0.504 e. The summed E-state index contributed by atoms with van der Waals surface area (Å²) in [5.41, 5.74) is 3.17. The molecule has 2 aromatic carbocycles. The van der Waals surface area contributed by atoms with E-state index in [-0.39, 0.29) is 28.7 Å². The summed E-state index contributed by atoms with van der Waals surface area (Å²) in [7, 11) is 1.41. The molecule has 3 amide bonds. The molecule has 0 aliphatic carbocycles. The molecule has 10 heteroatoms. The number of amides is 3. The lowest BCUT2D eigenvalue weighted by atomic mass is 10.1. The number of ether oxygens (including phenoxy) is 2. The molecule has 162 valence electrons. The van der Waals surface area contributed by atoms with Crippen LogP contribution in [-0.2, 0) is 14.3 Å². The Labute approximate surface area is 178 Å². The third kappa shape index (κ3) is 5.58. The quantitative estimate of drug-likeness (QED) is 0.371. The molecule has 1 saturated heterocycles. The molecule has 2 aromatic rings. The molecule has 3 N–H and O–H groups in total. The summed E-state index contributed by atoms with van der Waals surface area (Å²) >= 11 is 0. The van der Waals surface area contributed by atoms with Crippen LogP contribution in [0.5, 0.6) is 11.5 Å². The summed E-state index contributed by atoms with van der Waals surface area (Å²) in [6, 6.07) is 10.9. The van der Waals surface area contributed by atoms with Crippen LogP contribution < -0.4 is 15.5 Å². The maximum Gasteiger partial charge on any atom is 0.329 e. The Bertz CT molecular complexity index is 1000. The topological polar surface area (TPSA) is 130 Å². The number of anilines is 1. The first kappa shape index (κ1) is 21.8. The number of benzene rings is 2. The van der Waals surface area contributed by atoms with Crippen molar-refractivity contribution in [2.24, 2.45) is 5.10 Å². The Kier molecular flexibility index (Phi) is 7.17. The summed E-state index contributed by atoms with van der Waals surface area (Å²) in [6.45, 7) is 1.82. The van der Waals surface area contributed by atoms with Crippen LogP contribution in [-0.4, -0.2) is 67.4 Å². The van der Waals surface area contributed by atoms with Crippen LogP contribution in [0.15, 0.2) is 47.6 Å². The van der Waals surface area contributed by atoms with Crippen LogP contribution in [0.2, 0.25) is 0 Å². The molecule has 0 atom stereocenters. The molecule has 1 aliphatic heterocycles. The van der Waals surface area contributed by atoms with Crippen molar-refractivity contribution in [2.75, 3.05) is 38.7 Å². The predicted molar refractivity (Wildman–Crippen MR) is 112 cm³/mol. The number of hydrogen-bond acceptors (Lipinski definition) is 7. The molecule has 3 rings (SSSR count). The molecule has 0 unspecified atom stereocenters. The van der Waals surface area contributed by atoms with E-state index in [1.165, 1.54) is 25.5 Å². The molecule has 0 bridgehead atoms. The Morgan fingerprint density at radius 3 is 2.61 bits per heavy atom. The summed E-state index contributed by atoms with van der Waals surface area (Å²) in [5, 5.41) is 15.8. The number of aromatic hydroxyl groups is 1. The highest BCUT2D eigenvalue weighted by Crippen LogP contribution is 2.25. The van der Waals surface area contributed by atoms with E-state index in [0.717, 1.165) is 0 Å². The zero-order valence-electron chi connectivity index (χ0n) is 16.8. The molecule has 0 spiro atoms. The molecule has 1 aliphatic rings. The van der Waals surface area contributed by atoms with Gasteiger partial charge in [0.15, 0.2) is 11.5 Å². The van der Waals surface area contributed by atoms with Crippen LogP contribution >= 0.6 is 0 Å². The fourth-order valence-corrected chi connectivity index (χ4v) is 2.89. The first-order chi connectivity index (χ1) is 15.0. The standard InChI is InChI=1S/C21H22N4O6/c1-30-18-12-14(6-7-17(18)26)13-22-24-20(28)19(27)23-16-5-3-2-4-15(16)21(29)25-8-10-31-11-9-25/h2-7,12-13,26H,8-11H2,1H3,(H,23,27)(H,24,28)/b22-13-. The van der Waals surface area contributed by atoms with Crippen molar-refractivity contribution in [3.8, 4) is 11.5 Å². The number of methoxy groups -OCH3 is 1. The van der Waals surface area contributed by atoms with Gasteiger partial charge < -0.3 is 24.8 Å². The lowest BCUT2D eigenvalue weighted by Gasteiger charge is -2.27. The number of phenols is 1. The van der Waals surface area contributed by atoms with E-state index < -0.39 is 11.8 Å². The van der Waals surface area contributed by atoms with Gasteiger partial charge in [0.25, 0.3) is 5.91 Å². The van der Waals surface area contributed by atoms with Gasteiger partial charge in [0, 0.05) is 13.1 Å². The molecule has 31 heavy (non-hydrogen) atoms. The van der Waals surface area contributed by atoms with Gasteiger partial charge in [-0.3, -0.25) is 14.4 Å². The summed E-state index contributed by atoms with van der Waals surface area (Å²) in [5.74, 6) is -2.01. The molecule has 1 heterocycles. The fraction of sp³-hybridized carbons (Fsp3) is 0.238. The van der Waals surface area contributed by atoms with E-state index in [2.05, 4.69) is 15.8 Å². The Morgan fingerprint density at radius 2 is 1.87 bits per heavy atom. The maximum absolute atomic E-state index is 12.7. The first-order valence-corrected chi connectivity index (χ1v) is 9.47. The van der Waals surface area contributed by atoms with Gasteiger partial charge in [-0.15, -0.1) is 0 Å². The van der Waals surface area contributed by atoms with Gasteiger partial charge in [-0.2, -0.15) is 5.10 Å². The van der Waals surface area contributed by atoms with Crippen LogP contribution in [0.25, 0.3) is 0 Å². The van der Waals surface area contributed by atoms with E-state index in [1.54, 1.807) is 35.2 Å². The molecular weight excluding hydrogens is 404 g/mol. The van der Waals surface area contributed by atoms with Crippen molar-refractivity contribution in [1.82, 2.24) is 10.3 Å². The van der Waals surface area contributed by atoms with Crippen molar-refractivity contribution in [2.45, 2.75) is 0 Å². The lowest BCUT2D eigenvalue weighted by Crippen LogP contribution is -2.41. The highest BCUT2D eigenvalue weighted by molar-refractivity contribution is 6.40. The lowest BCUT2D eigenvalue weighted by molar-refractivity contribution is -0.136. The Hall–Kier alpha value is -3.92. The second kappa shape index (κ2) is 10.2. The highest BCUT2D eigenvalue weighted by Gasteiger charge is 2.22. The minimum absolute atomic E-state index is 0.0339. The predicted octanol–water partition coefficient (Wildman–Crippen LogP) is 0.962. The smallest absolute Gasteiger partial charge is 0.329 e. The number of carbonyl (C=O) groups is 3. The second-order valence-corrected chi connectivity index (χ2v) is 6.53. The maximum atomic E-state index is 12.7. The monoisotopic (exact) mass is 426 g/mol. The van der Waals surface area contributed by atoms with Crippen molar-refractivity contribution < 1.29 is 29.0 Å². The number of nitrogens with one attached hydrogen (secondary N) is 2. The summed E-state index contributed by atoms with van der Waals surface area (Å²) in [6.07, 6.45) is 1.29. The number of phenolic OH excluding ortho intramolecular Hbond substituents is 1. The van der Waals surface area contributed by atoms with Gasteiger partial charge in [-0.25, -0.2) is 5.43 Å². The number of rotatable bonds is 5. The zero-order chi connectivity index (χ0) is 22.2. The van der Waals surface area contributed by atoms with Gasteiger partial charge in [-0.05, 0) is 35.9 Å². The molecule has 1 fully saturated rings. The highest BCUT2D eigenvalue weighted by atomic mass is 16.5. The van der Waals surface area contributed by atoms with Crippen LogP contribution in [0.3, 0.4) is 0 Å². The number of para-hydroxylation sites is 1. The Morgan fingerprint density at radius 1 is 1.13 bits per heavy atom. The third-order valence-corrected chi connectivity index (χ3v) is 4.49. The number of hydrogen-bond donors (Lipinski definition) is 3. The van der Waals surface area contributed by atoms with Crippen LogP contribution in [0.1, 0.15) is 15.9 Å². The van der Waals surface area contributed by atoms with Crippen LogP contribution in [0, 0.1) is 0 Å². The molecule has 0 radical (unpaired) electrons. The van der Waals surface area contributed by atoms with E-state index in [4.69, 9.17) is 9.47 Å². The van der Waals surface area contributed by atoms with Crippen molar-refractivity contribution in [1.29, 1.82) is 0 Å². The zero-order valence-corrected chi connectivity index (χ0v) is 16.8. The molecule has 0 saturated carbocycles. The normalized spacial score (nSPS) is 13.6.